The van der Waals surface area contributed by atoms with Crippen molar-refractivity contribution in [2.75, 3.05) is 0 Å². The Morgan fingerprint density at radius 1 is 0.929 bits per heavy atom. The molecule has 4 unspecified atom stereocenters. The van der Waals surface area contributed by atoms with Crippen molar-refractivity contribution in [3.05, 3.63) is 0 Å². The summed E-state index contributed by atoms with van der Waals surface area (Å²) >= 11 is 0. The second-order valence-electron chi connectivity index (χ2n) is 6.15. The van der Waals surface area contributed by atoms with Gasteiger partial charge in [-0.1, -0.05) is 40.5 Å². The van der Waals surface area contributed by atoms with Gasteiger partial charge in [-0.25, -0.2) is 0 Å². The Morgan fingerprint density at radius 2 is 1.50 bits per heavy atom. The Balaban J connectivity index is 2.00. The van der Waals surface area contributed by atoms with Crippen molar-refractivity contribution in [1.29, 1.82) is 0 Å². The highest BCUT2D eigenvalue weighted by Gasteiger charge is 2.50. The highest BCUT2D eigenvalue weighted by Crippen LogP contribution is 2.57. The summed E-state index contributed by atoms with van der Waals surface area (Å²) in [6, 6.07) is 0. The van der Waals surface area contributed by atoms with E-state index in [9.17, 15) is 0 Å². The van der Waals surface area contributed by atoms with Gasteiger partial charge in [0, 0.05) is 0 Å². The van der Waals surface area contributed by atoms with Crippen LogP contribution in [0.25, 0.3) is 0 Å². The van der Waals surface area contributed by atoms with Gasteiger partial charge in [0.15, 0.2) is 0 Å². The van der Waals surface area contributed by atoms with Crippen LogP contribution < -0.4 is 0 Å². The van der Waals surface area contributed by atoms with Gasteiger partial charge in [-0.2, -0.15) is 0 Å². The lowest BCUT2D eigenvalue weighted by Gasteiger charge is -2.57. The van der Waals surface area contributed by atoms with E-state index in [2.05, 4.69) is 27.7 Å². The van der Waals surface area contributed by atoms with Crippen molar-refractivity contribution in [3.63, 3.8) is 0 Å². The summed E-state index contributed by atoms with van der Waals surface area (Å²) in [5.41, 5.74) is 0. The van der Waals surface area contributed by atoms with Crippen LogP contribution in [0.5, 0.6) is 0 Å². The van der Waals surface area contributed by atoms with E-state index in [1.807, 2.05) is 0 Å². The minimum Gasteiger partial charge on any atom is -0.0625 e. The van der Waals surface area contributed by atoms with Gasteiger partial charge in [0.1, 0.15) is 0 Å². The summed E-state index contributed by atoms with van der Waals surface area (Å²) in [5.74, 6) is 6.12. The molecule has 0 heteroatoms. The maximum Gasteiger partial charge on any atom is -0.0326 e. The molecule has 2 aliphatic carbocycles. The van der Waals surface area contributed by atoms with Gasteiger partial charge in [0.05, 0.1) is 0 Å². The topological polar surface area (TPSA) is 0 Å². The zero-order chi connectivity index (χ0) is 10.3. The Morgan fingerprint density at radius 3 is 2.07 bits per heavy atom. The van der Waals surface area contributed by atoms with E-state index in [1.165, 1.54) is 25.7 Å². The number of fused-ring (bicyclic) bond motifs is 1. The van der Waals surface area contributed by atoms with Crippen molar-refractivity contribution in [3.8, 4) is 0 Å². The molecule has 0 amide bonds. The normalized spacial score (nSPS) is 44.4. The molecule has 2 rings (SSSR count). The van der Waals surface area contributed by atoms with Gasteiger partial charge in [-0.05, 0) is 48.3 Å². The van der Waals surface area contributed by atoms with Gasteiger partial charge in [-0.15, -0.1) is 0 Å². The van der Waals surface area contributed by atoms with E-state index in [0.717, 1.165) is 35.5 Å². The third-order valence-corrected chi connectivity index (χ3v) is 5.31. The fourth-order valence-corrected chi connectivity index (χ4v) is 4.16. The molecule has 0 nitrogen and oxygen atoms in total. The third-order valence-electron chi connectivity index (χ3n) is 5.31. The Kier molecular flexibility index (Phi) is 2.91. The number of rotatable bonds is 2. The first-order valence-electron chi connectivity index (χ1n) is 6.63. The van der Waals surface area contributed by atoms with Crippen LogP contribution in [0, 0.1) is 35.5 Å². The maximum atomic E-state index is 2.51. The molecule has 0 radical (unpaired) electrons. The first-order chi connectivity index (χ1) is 6.63. The standard InChI is InChI=1S/C14H26/c1-9(2)10(3)14-11(4)12-7-5-6-8-13(12)14/h9-14H,5-8H2,1-4H3/t10?,11-,12?,13?,14?/m1/s1. The van der Waals surface area contributed by atoms with Gasteiger partial charge in [0.2, 0.25) is 0 Å². The fourth-order valence-electron chi connectivity index (χ4n) is 4.16. The summed E-state index contributed by atoms with van der Waals surface area (Å²) in [7, 11) is 0. The summed E-state index contributed by atoms with van der Waals surface area (Å²) in [6.45, 7) is 9.79. The van der Waals surface area contributed by atoms with Gasteiger partial charge in [-0.3, -0.25) is 0 Å². The van der Waals surface area contributed by atoms with E-state index in [-0.39, 0.29) is 0 Å². The molecule has 0 aromatic carbocycles. The highest BCUT2D eigenvalue weighted by atomic mass is 14.5. The highest BCUT2D eigenvalue weighted by molar-refractivity contribution is 4.98. The lowest BCUT2D eigenvalue weighted by molar-refractivity contribution is -0.0816. The van der Waals surface area contributed by atoms with Crippen LogP contribution in [0.15, 0.2) is 0 Å². The lowest BCUT2D eigenvalue weighted by atomic mass is 9.48. The van der Waals surface area contributed by atoms with Crippen LogP contribution in [-0.2, 0) is 0 Å². The number of hydrogen-bond acceptors (Lipinski definition) is 0. The molecule has 14 heavy (non-hydrogen) atoms. The Labute approximate surface area is 89.5 Å². The third kappa shape index (κ3) is 1.51. The molecule has 0 saturated heterocycles. The zero-order valence-corrected chi connectivity index (χ0v) is 10.3. The summed E-state index contributed by atoms with van der Waals surface area (Å²) in [5, 5.41) is 0. The number of hydrogen-bond donors (Lipinski definition) is 0. The van der Waals surface area contributed by atoms with Gasteiger partial charge >= 0.3 is 0 Å². The van der Waals surface area contributed by atoms with E-state index in [0.29, 0.717) is 0 Å². The zero-order valence-electron chi connectivity index (χ0n) is 10.3. The molecule has 0 aromatic rings. The van der Waals surface area contributed by atoms with Crippen molar-refractivity contribution >= 4 is 0 Å². The second-order valence-corrected chi connectivity index (χ2v) is 6.15. The molecule has 0 N–H and O–H groups in total. The van der Waals surface area contributed by atoms with Crippen LogP contribution >= 0.6 is 0 Å². The van der Waals surface area contributed by atoms with Gasteiger partial charge < -0.3 is 0 Å². The minimum absolute atomic E-state index is 0.880. The predicted octanol–water partition coefficient (Wildman–Crippen LogP) is 4.35. The summed E-state index contributed by atoms with van der Waals surface area (Å²) in [4.78, 5) is 0. The monoisotopic (exact) mass is 194 g/mol. The van der Waals surface area contributed by atoms with E-state index < -0.39 is 0 Å². The predicted molar refractivity (Wildman–Crippen MR) is 62.1 cm³/mol. The first kappa shape index (κ1) is 10.5. The molecule has 0 bridgehead atoms. The van der Waals surface area contributed by atoms with Crippen LogP contribution in [0.1, 0.15) is 53.4 Å². The molecule has 2 aliphatic rings. The fraction of sp³-hybridized carbons (Fsp3) is 1.00. The van der Waals surface area contributed by atoms with E-state index >= 15 is 0 Å². The molecule has 0 spiro atoms. The quantitative estimate of drug-likeness (QED) is 0.613. The molecule has 0 heterocycles. The van der Waals surface area contributed by atoms with Crippen LogP contribution in [0.4, 0.5) is 0 Å². The molecular weight excluding hydrogens is 168 g/mol. The van der Waals surface area contributed by atoms with Gasteiger partial charge in [0.25, 0.3) is 0 Å². The molecule has 0 aliphatic heterocycles. The molecule has 2 fully saturated rings. The second kappa shape index (κ2) is 3.87. The van der Waals surface area contributed by atoms with Crippen molar-refractivity contribution in [1.82, 2.24) is 0 Å². The first-order valence-corrected chi connectivity index (χ1v) is 6.63. The average molecular weight is 194 g/mol. The molecule has 82 valence electrons. The van der Waals surface area contributed by atoms with Crippen molar-refractivity contribution in [2.24, 2.45) is 35.5 Å². The van der Waals surface area contributed by atoms with Crippen LogP contribution in [0.3, 0.4) is 0 Å². The molecular formula is C14H26. The van der Waals surface area contributed by atoms with Crippen LogP contribution in [0.2, 0.25) is 0 Å². The average Bonchev–Trinajstić information content (AvgIpc) is 2.17. The maximum absolute atomic E-state index is 2.51. The molecule has 5 atom stereocenters. The Bertz CT molecular complexity index is 194. The smallest absolute Gasteiger partial charge is 0.0326 e. The van der Waals surface area contributed by atoms with Crippen LogP contribution in [-0.4, -0.2) is 0 Å². The van der Waals surface area contributed by atoms with Crippen molar-refractivity contribution < 1.29 is 0 Å². The minimum atomic E-state index is 0.880. The SMILES string of the molecule is CC(C)C(C)C1C2CCCCC2[C@H]1C. The summed E-state index contributed by atoms with van der Waals surface area (Å²) in [6.07, 6.45) is 6.09. The lowest BCUT2D eigenvalue weighted by Crippen LogP contribution is -2.50. The molecule has 2 saturated carbocycles. The molecule has 0 aromatic heterocycles. The van der Waals surface area contributed by atoms with E-state index in [4.69, 9.17) is 0 Å². The largest absolute Gasteiger partial charge is 0.0625 e. The Hall–Kier alpha value is 0. The summed E-state index contributed by atoms with van der Waals surface area (Å²) < 4.78 is 0. The van der Waals surface area contributed by atoms with E-state index in [1.54, 1.807) is 0 Å². The van der Waals surface area contributed by atoms with Crippen molar-refractivity contribution in [2.45, 2.75) is 53.4 Å².